The second-order valence-electron chi connectivity index (χ2n) is 3.41. The van der Waals surface area contributed by atoms with Crippen molar-refractivity contribution in [3.05, 3.63) is 22.6 Å². The molecule has 3 aromatic rings. The summed E-state index contributed by atoms with van der Waals surface area (Å²) in [6.07, 6.45) is 0. The van der Waals surface area contributed by atoms with Gasteiger partial charge in [-0.25, -0.2) is 9.97 Å². The van der Waals surface area contributed by atoms with E-state index in [2.05, 4.69) is 30.5 Å². The Labute approximate surface area is 105 Å². The molecule has 0 amide bonds. The Balaban J connectivity index is 2.07. The van der Waals surface area contributed by atoms with Crippen LogP contribution in [0.4, 0.5) is 11.6 Å². The van der Waals surface area contributed by atoms with Gasteiger partial charge in [-0.05, 0) is 18.5 Å². The SMILES string of the molecule is Cc1cc(Nc2nc(Cl)nc3scnc23)n[nH]1. The summed E-state index contributed by atoms with van der Waals surface area (Å²) in [5.41, 5.74) is 3.36. The third-order valence-corrected chi connectivity index (χ3v) is 3.01. The first kappa shape index (κ1) is 10.4. The minimum absolute atomic E-state index is 0.191. The molecule has 0 unspecified atom stereocenters. The maximum atomic E-state index is 5.84. The zero-order valence-corrected chi connectivity index (χ0v) is 10.3. The van der Waals surface area contributed by atoms with Crippen LogP contribution < -0.4 is 5.32 Å². The highest BCUT2D eigenvalue weighted by atomic mass is 35.5. The van der Waals surface area contributed by atoms with Gasteiger partial charge in [0.2, 0.25) is 5.28 Å². The summed E-state index contributed by atoms with van der Waals surface area (Å²) in [5, 5.41) is 10.2. The number of hydrogen-bond acceptors (Lipinski definition) is 6. The number of nitrogens with one attached hydrogen (secondary N) is 2. The van der Waals surface area contributed by atoms with Crippen LogP contribution >= 0.6 is 22.9 Å². The van der Waals surface area contributed by atoms with Gasteiger partial charge in [-0.15, -0.1) is 11.3 Å². The summed E-state index contributed by atoms with van der Waals surface area (Å²) in [6, 6.07) is 1.87. The molecule has 0 saturated carbocycles. The van der Waals surface area contributed by atoms with Crippen molar-refractivity contribution in [2.24, 2.45) is 0 Å². The van der Waals surface area contributed by atoms with Crippen LogP contribution in [0.3, 0.4) is 0 Å². The smallest absolute Gasteiger partial charge is 0.225 e. The van der Waals surface area contributed by atoms with Crippen molar-refractivity contribution in [2.75, 3.05) is 5.32 Å². The number of fused-ring (bicyclic) bond motifs is 1. The van der Waals surface area contributed by atoms with E-state index in [1.807, 2.05) is 13.0 Å². The van der Waals surface area contributed by atoms with Gasteiger partial charge in [0.05, 0.1) is 5.51 Å². The molecule has 3 rings (SSSR count). The lowest BCUT2D eigenvalue weighted by Gasteiger charge is -2.02. The fourth-order valence-electron chi connectivity index (χ4n) is 1.43. The molecule has 0 aromatic carbocycles. The van der Waals surface area contributed by atoms with Crippen LogP contribution in [-0.4, -0.2) is 25.1 Å². The van der Waals surface area contributed by atoms with E-state index < -0.39 is 0 Å². The van der Waals surface area contributed by atoms with Crippen LogP contribution in [0, 0.1) is 6.92 Å². The van der Waals surface area contributed by atoms with E-state index in [-0.39, 0.29) is 5.28 Å². The average Bonchev–Trinajstić information content (AvgIpc) is 2.87. The molecule has 3 aromatic heterocycles. The highest BCUT2D eigenvalue weighted by molar-refractivity contribution is 7.16. The van der Waals surface area contributed by atoms with Crippen molar-refractivity contribution in [1.29, 1.82) is 0 Å². The summed E-state index contributed by atoms with van der Waals surface area (Å²) < 4.78 is 0. The first-order valence-corrected chi connectivity index (χ1v) is 6.04. The average molecular weight is 267 g/mol. The molecule has 86 valence electrons. The van der Waals surface area contributed by atoms with Crippen LogP contribution in [0.15, 0.2) is 11.6 Å². The molecule has 6 nitrogen and oxygen atoms in total. The Hall–Kier alpha value is -1.73. The van der Waals surface area contributed by atoms with E-state index in [0.717, 1.165) is 10.5 Å². The first-order valence-electron chi connectivity index (χ1n) is 4.78. The van der Waals surface area contributed by atoms with Crippen LogP contribution in [0.1, 0.15) is 5.69 Å². The number of rotatable bonds is 2. The number of aromatic nitrogens is 5. The third-order valence-electron chi connectivity index (χ3n) is 2.12. The van der Waals surface area contributed by atoms with Gasteiger partial charge in [0.1, 0.15) is 5.52 Å². The number of nitrogens with zero attached hydrogens (tertiary/aromatic N) is 4. The normalized spacial score (nSPS) is 10.9. The standard InChI is InChI=1S/C9H7ClN6S/c1-4-2-5(16-15-4)12-7-6-8(17-3-11-6)14-9(10)13-7/h2-3H,1H3,(H2,12,13,14,15,16). The van der Waals surface area contributed by atoms with E-state index in [9.17, 15) is 0 Å². The van der Waals surface area contributed by atoms with Gasteiger partial charge in [0, 0.05) is 11.8 Å². The zero-order chi connectivity index (χ0) is 11.8. The van der Waals surface area contributed by atoms with Crippen LogP contribution in [0.2, 0.25) is 5.28 Å². The van der Waals surface area contributed by atoms with E-state index in [1.54, 1.807) is 5.51 Å². The fourth-order valence-corrected chi connectivity index (χ4v) is 2.30. The Bertz CT molecular complexity index is 675. The van der Waals surface area contributed by atoms with Crippen LogP contribution in [0.25, 0.3) is 10.3 Å². The molecule has 0 bridgehead atoms. The van der Waals surface area contributed by atoms with E-state index in [4.69, 9.17) is 11.6 Å². The summed E-state index contributed by atoms with van der Waals surface area (Å²) in [4.78, 5) is 13.1. The highest BCUT2D eigenvalue weighted by Gasteiger charge is 2.10. The molecule has 17 heavy (non-hydrogen) atoms. The van der Waals surface area contributed by atoms with Gasteiger partial charge in [0.25, 0.3) is 0 Å². The van der Waals surface area contributed by atoms with Crippen molar-refractivity contribution >= 4 is 44.9 Å². The number of halogens is 1. The summed E-state index contributed by atoms with van der Waals surface area (Å²) >= 11 is 7.26. The van der Waals surface area contributed by atoms with Crippen molar-refractivity contribution in [3.8, 4) is 0 Å². The zero-order valence-electron chi connectivity index (χ0n) is 8.73. The molecule has 0 aliphatic heterocycles. The molecule has 8 heteroatoms. The lowest BCUT2D eigenvalue weighted by Crippen LogP contribution is -1.96. The van der Waals surface area contributed by atoms with Crippen molar-refractivity contribution in [2.45, 2.75) is 6.92 Å². The predicted octanol–water partition coefficient (Wildman–Crippen LogP) is 2.51. The Morgan fingerprint density at radius 1 is 1.41 bits per heavy atom. The molecule has 0 aliphatic carbocycles. The number of anilines is 2. The van der Waals surface area contributed by atoms with Gasteiger partial charge < -0.3 is 5.32 Å². The molecular weight excluding hydrogens is 260 g/mol. The fraction of sp³-hybridized carbons (Fsp3) is 0.111. The minimum Gasteiger partial charge on any atom is -0.321 e. The van der Waals surface area contributed by atoms with Crippen LogP contribution in [-0.2, 0) is 0 Å². The third kappa shape index (κ3) is 1.94. The number of aryl methyl sites for hydroxylation is 1. The minimum atomic E-state index is 0.191. The largest absolute Gasteiger partial charge is 0.321 e. The van der Waals surface area contributed by atoms with Gasteiger partial charge >= 0.3 is 0 Å². The number of hydrogen-bond donors (Lipinski definition) is 2. The van der Waals surface area contributed by atoms with Crippen molar-refractivity contribution in [1.82, 2.24) is 25.1 Å². The van der Waals surface area contributed by atoms with Gasteiger partial charge in [-0.1, -0.05) is 0 Å². The molecule has 2 N–H and O–H groups in total. The molecule has 3 heterocycles. The summed E-state index contributed by atoms with van der Waals surface area (Å²) in [6.45, 7) is 1.92. The second kappa shape index (κ2) is 3.94. The van der Waals surface area contributed by atoms with Gasteiger partial charge in [-0.2, -0.15) is 10.1 Å². The highest BCUT2D eigenvalue weighted by Crippen LogP contribution is 2.25. The Morgan fingerprint density at radius 3 is 3.06 bits per heavy atom. The molecule has 0 spiro atoms. The molecular formula is C9H7ClN6S. The summed E-state index contributed by atoms with van der Waals surface area (Å²) in [7, 11) is 0. The number of thiazole rings is 1. The number of aromatic amines is 1. The maximum Gasteiger partial charge on any atom is 0.225 e. The Morgan fingerprint density at radius 2 is 2.29 bits per heavy atom. The lowest BCUT2D eigenvalue weighted by molar-refractivity contribution is 1.05. The molecule has 0 aliphatic rings. The van der Waals surface area contributed by atoms with E-state index in [1.165, 1.54) is 11.3 Å². The predicted molar refractivity (Wildman–Crippen MR) is 66.8 cm³/mol. The lowest BCUT2D eigenvalue weighted by atomic mass is 10.4. The quantitative estimate of drug-likeness (QED) is 0.697. The monoisotopic (exact) mass is 266 g/mol. The van der Waals surface area contributed by atoms with E-state index >= 15 is 0 Å². The summed E-state index contributed by atoms with van der Waals surface area (Å²) in [5.74, 6) is 1.24. The maximum absolute atomic E-state index is 5.84. The Kier molecular flexibility index (Phi) is 2.41. The topological polar surface area (TPSA) is 79.4 Å². The second-order valence-corrected chi connectivity index (χ2v) is 4.58. The molecule has 0 radical (unpaired) electrons. The first-order chi connectivity index (χ1) is 8.22. The van der Waals surface area contributed by atoms with Crippen molar-refractivity contribution in [3.63, 3.8) is 0 Å². The van der Waals surface area contributed by atoms with Gasteiger partial charge in [-0.3, -0.25) is 5.10 Å². The van der Waals surface area contributed by atoms with Crippen molar-refractivity contribution < 1.29 is 0 Å². The van der Waals surface area contributed by atoms with E-state index in [0.29, 0.717) is 17.2 Å². The molecule has 0 atom stereocenters. The number of H-pyrrole nitrogens is 1. The molecule has 0 fully saturated rings. The molecule has 0 saturated heterocycles. The van der Waals surface area contributed by atoms with Gasteiger partial charge in [0.15, 0.2) is 16.5 Å². The van der Waals surface area contributed by atoms with Crippen LogP contribution in [0.5, 0.6) is 0 Å².